The first-order valence-corrected chi connectivity index (χ1v) is 33.5. The topological polar surface area (TPSA) is 173 Å². The highest BCUT2D eigenvalue weighted by molar-refractivity contribution is 6.10. The van der Waals surface area contributed by atoms with Crippen LogP contribution in [0, 0.1) is 108 Å². The molecule has 0 radical (unpaired) electrons. The Morgan fingerprint density at radius 3 is 1.19 bits per heavy atom. The van der Waals surface area contributed by atoms with Gasteiger partial charge in [-0.2, -0.15) is 21.0 Å². The SMILES string of the molecule is Cc1cc(C)c(N2c3cccc(C#N)c3N(C)[C@@H]2C)c(C)c1C.Cc1cc2c(cc1N1c3cccc(C#N)c3N(C)[C@@H]1C)oc1ncccc12.Cc1ccc(C)c(N2c3cccc(C#N)c3N(C)[C@@H]2C)c1C.Cc1ccc2c(oc3ncccc32)c1N1c2cccc(C#N)c2N(C)[C@@H]1C. The van der Waals surface area contributed by atoms with E-state index in [0.29, 0.717) is 22.6 Å². The van der Waals surface area contributed by atoms with E-state index in [1.807, 2.05) is 86.9 Å². The first-order valence-electron chi connectivity index (χ1n) is 33.5. The third kappa shape index (κ3) is 10.5. The molecule has 8 heterocycles. The first-order chi connectivity index (χ1) is 47.6. The molecule has 0 N–H and O–H groups in total. The van der Waals surface area contributed by atoms with Gasteiger partial charge in [0.2, 0.25) is 11.4 Å². The van der Waals surface area contributed by atoms with E-state index in [1.54, 1.807) is 12.4 Å². The normalized spacial score (nSPS) is 16.3. The Morgan fingerprint density at radius 1 is 0.323 bits per heavy atom. The summed E-state index contributed by atoms with van der Waals surface area (Å²) in [5, 5.41) is 42.1. The van der Waals surface area contributed by atoms with Crippen LogP contribution in [-0.4, -0.2) is 62.8 Å². The number of anilines is 12. The summed E-state index contributed by atoms with van der Waals surface area (Å²) < 4.78 is 12.2. The summed E-state index contributed by atoms with van der Waals surface area (Å²) in [5.74, 6) is 0. The number of aromatic nitrogens is 2. The number of aryl methyl sites for hydroxylation is 6. The van der Waals surface area contributed by atoms with Crippen molar-refractivity contribution in [2.75, 3.05) is 67.4 Å². The number of pyridine rings is 2. The molecule has 0 bridgehead atoms. The zero-order valence-electron chi connectivity index (χ0n) is 59.3. The average molecular weight is 1310 g/mol. The van der Waals surface area contributed by atoms with Gasteiger partial charge in [0.1, 0.15) is 54.5 Å². The molecule has 0 spiro atoms. The van der Waals surface area contributed by atoms with Gasteiger partial charge >= 0.3 is 0 Å². The van der Waals surface area contributed by atoms with Crippen LogP contribution in [0.4, 0.5) is 68.2 Å². The summed E-state index contributed by atoms with van der Waals surface area (Å²) in [7, 11) is 8.18. The summed E-state index contributed by atoms with van der Waals surface area (Å²) in [6.45, 7) is 28.1. The van der Waals surface area contributed by atoms with Gasteiger partial charge in [-0.25, -0.2) is 9.97 Å². The highest BCUT2D eigenvalue weighted by atomic mass is 16.3. The van der Waals surface area contributed by atoms with Gasteiger partial charge < -0.3 is 48.0 Å². The van der Waals surface area contributed by atoms with Gasteiger partial charge in [-0.05, 0) is 219 Å². The fraction of sp³-hybridized carbons (Fsp3) is 0.253. The van der Waals surface area contributed by atoms with E-state index in [4.69, 9.17) is 8.83 Å². The summed E-state index contributed by atoms with van der Waals surface area (Å²) >= 11 is 0. The quantitative estimate of drug-likeness (QED) is 0.163. The molecule has 12 aromatic rings. The molecule has 0 unspecified atom stereocenters. The minimum atomic E-state index is 0.0555. The van der Waals surface area contributed by atoms with Crippen LogP contribution in [0.15, 0.2) is 161 Å². The van der Waals surface area contributed by atoms with Gasteiger partial charge in [0.25, 0.3) is 0 Å². The molecular weight excluding hydrogens is 1230 g/mol. The molecule has 16 rings (SSSR count). The standard InChI is InChI=1S/2C22H18N4O.C20H23N3.C19H21N3/c1-13-9-10-16-17-7-5-11-24-22(17)27-21(16)19(13)26-14(2)25(3)20-15(12-23)6-4-8-18(20)26;1-13-10-17-16-7-5-9-24-22(16)27-20(17)11-19(13)26-14(2)25(3)21-15(12-23)6-4-8-18(21)26;1-12-10-13(2)19(15(4)14(12)3)23-16(5)22(6)20-17(11-21)8-7-9-18(20)23;1-12-9-10-13(2)18(14(12)3)22-15(4)21(5)19-16(11-20)7-6-8-17(19)22/h2*4-11,14H,1-3H3;7-10,16H,1-6H3;6-10,15H,1-5H3/t2*14-;16-;15-/m0000/s1. The van der Waals surface area contributed by atoms with E-state index in [1.165, 1.54) is 50.3 Å². The molecule has 16 heteroatoms. The van der Waals surface area contributed by atoms with Crippen molar-refractivity contribution in [1.29, 1.82) is 21.0 Å². The molecule has 0 amide bonds. The van der Waals surface area contributed by atoms with Crippen molar-refractivity contribution >= 4 is 112 Å². The Bertz CT molecular complexity index is 5440. The molecule has 4 aromatic heterocycles. The van der Waals surface area contributed by atoms with Crippen molar-refractivity contribution < 1.29 is 8.83 Å². The Morgan fingerprint density at radius 2 is 0.717 bits per heavy atom. The molecule has 16 nitrogen and oxygen atoms in total. The van der Waals surface area contributed by atoms with Crippen LogP contribution in [0.2, 0.25) is 0 Å². The van der Waals surface area contributed by atoms with Gasteiger partial charge in [-0.3, -0.25) is 0 Å². The number of hydrogen-bond donors (Lipinski definition) is 0. The smallest absolute Gasteiger partial charge is 0.227 e. The Labute approximate surface area is 579 Å². The van der Waals surface area contributed by atoms with E-state index >= 15 is 0 Å². The maximum Gasteiger partial charge on any atom is 0.227 e. The number of nitrogens with zero attached hydrogens (tertiary/aromatic N) is 14. The Hall–Kier alpha value is -12.0. The molecular formula is C83H80N14O2. The molecule has 0 saturated heterocycles. The second kappa shape index (κ2) is 25.5. The highest BCUT2D eigenvalue weighted by Gasteiger charge is 2.40. The Kier molecular flexibility index (Phi) is 16.9. The van der Waals surface area contributed by atoms with Crippen LogP contribution in [0.1, 0.15) is 100 Å². The second-order valence-corrected chi connectivity index (χ2v) is 26.5. The van der Waals surface area contributed by atoms with Crippen molar-refractivity contribution in [3.63, 3.8) is 0 Å². The fourth-order valence-corrected chi connectivity index (χ4v) is 15.3. The number of para-hydroxylation sites is 4. The van der Waals surface area contributed by atoms with Crippen LogP contribution < -0.4 is 39.2 Å². The number of nitriles is 4. The largest absolute Gasteiger partial charge is 0.438 e. The van der Waals surface area contributed by atoms with Crippen molar-refractivity contribution in [3.8, 4) is 24.3 Å². The van der Waals surface area contributed by atoms with E-state index < -0.39 is 0 Å². The molecule has 4 aliphatic heterocycles. The molecule has 0 fully saturated rings. The second-order valence-electron chi connectivity index (χ2n) is 26.5. The highest BCUT2D eigenvalue weighted by Crippen LogP contribution is 2.53. The summed E-state index contributed by atoms with van der Waals surface area (Å²) in [6, 6.07) is 56.0. The van der Waals surface area contributed by atoms with Crippen molar-refractivity contribution in [3.05, 3.63) is 224 Å². The lowest BCUT2D eigenvalue weighted by atomic mass is 9.97. The molecule has 494 valence electrons. The third-order valence-corrected chi connectivity index (χ3v) is 21.1. The predicted octanol–water partition coefficient (Wildman–Crippen LogP) is 19.3. The van der Waals surface area contributed by atoms with E-state index in [-0.39, 0.29) is 24.7 Å². The van der Waals surface area contributed by atoms with Crippen molar-refractivity contribution in [2.45, 2.75) is 115 Å². The lowest BCUT2D eigenvalue weighted by molar-refractivity contribution is 0.648. The van der Waals surface area contributed by atoms with Gasteiger partial charge in [0.05, 0.1) is 73.4 Å². The molecule has 99 heavy (non-hydrogen) atoms. The zero-order valence-corrected chi connectivity index (χ0v) is 59.3. The van der Waals surface area contributed by atoms with Crippen molar-refractivity contribution in [2.24, 2.45) is 0 Å². The number of benzene rings is 8. The van der Waals surface area contributed by atoms with E-state index in [9.17, 15) is 21.0 Å². The van der Waals surface area contributed by atoms with Crippen LogP contribution in [0.3, 0.4) is 0 Å². The number of furan rings is 2. The van der Waals surface area contributed by atoms with Gasteiger partial charge in [0.15, 0.2) is 5.58 Å². The van der Waals surface area contributed by atoms with Crippen LogP contribution in [-0.2, 0) is 0 Å². The predicted molar refractivity (Wildman–Crippen MR) is 403 cm³/mol. The van der Waals surface area contributed by atoms with Crippen LogP contribution in [0.5, 0.6) is 0 Å². The fourth-order valence-electron chi connectivity index (χ4n) is 15.3. The third-order valence-electron chi connectivity index (χ3n) is 21.1. The maximum absolute atomic E-state index is 9.56. The van der Waals surface area contributed by atoms with E-state index in [2.05, 4.69) is 244 Å². The number of fused-ring (bicyclic) bond motifs is 10. The lowest BCUT2D eigenvalue weighted by Crippen LogP contribution is -2.36. The number of hydrogen-bond acceptors (Lipinski definition) is 16. The molecule has 4 atom stereocenters. The molecule has 4 aliphatic rings. The monoisotopic (exact) mass is 1300 g/mol. The Balaban J connectivity index is 0.000000119. The summed E-state index contributed by atoms with van der Waals surface area (Å²) in [5.41, 5.74) is 30.1. The summed E-state index contributed by atoms with van der Waals surface area (Å²) in [4.78, 5) is 26.7. The van der Waals surface area contributed by atoms with Crippen LogP contribution in [0.25, 0.3) is 44.1 Å². The van der Waals surface area contributed by atoms with Gasteiger partial charge in [-0.1, -0.05) is 54.6 Å². The molecule has 8 aromatic carbocycles. The maximum atomic E-state index is 9.56. The average Bonchev–Trinajstić information content (AvgIpc) is 1.60. The van der Waals surface area contributed by atoms with Crippen LogP contribution >= 0.6 is 0 Å². The molecule has 0 saturated carbocycles. The summed E-state index contributed by atoms with van der Waals surface area (Å²) in [6.07, 6.45) is 4.00. The lowest BCUT2D eigenvalue weighted by Gasteiger charge is -2.31. The first kappa shape index (κ1) is 65.7. The van der Waals surface area contributed by atoms with E-state index in [0.717, 1.165) is 112 Å². The van der Waals surface area contributed by atoms with Gasteiger partial charge in [0, 0.05) is 85.3 Å². The molecule has 0 aliphatic carbocycles. The van der Waals surface area contributed by atoms with Crippen molar-refractivity contribution in [1.82, 2.24) is 9.97 Å². The van der Waals surface area contributed by atoms with Gasteiger partial charge in [-0.15, -0.1) is 0 Å². The number of rotatable bonds is 4. The minimum Gasteiger partial charge on any atom is -0.438 e. The zero-order chi connectivity index (χ0) is 70.3. The minimum absolute atomic E-state index is 0.0555.